The van der Waals surface area contributed by atoms with Crippen LogP contribution in [0.15, 0.2) is 12.5 Å². The van der Waals surface area contributed by atoms with Crippen molar-refractivity contribution < 1.29 is 9.90 Å². The number of carbonyl (C=O) groups excluding carboxylic acids is 1. The molecule has 1 saturated carbocycles. The molecule has 6 nitrogen and oxygen atoms in total. The molecule has 3 atom stereocenters. The molecule has 5 N–H and O–H groups in total. The Kier molecular flexibility index (Phi) is 8.29. The zero-order chi connectivity index (χ0) is 19.9. The second kappa shape index (κ2) is 10.2. The van der Waals surface area contributed by atoms with Crippen molar-refractivity contribution >= 4 is 5.91 Å². The van der Waals surface area contributed by atoms with Gasteiger partial charge in [0.05, 0.1) is 24.0 Å². The van der Waals surface area contributed by atoms with E-state index in [1.54, 1.807) is 19.4 Å². The van der Waals surface area contributed by atoms with Crippen LogP contribution in [0.2, 0.25) is 0 Å². The summed E-state index contributed by atoms with van der Waals surface area (Å²) in [6, 6.07) is -0.232. The third-order valence-corrected chi connectivity index (χ3v) is 5.76. The summed E-state index contributed by atoms with van der Waals surface area (Å²) in [5, 5.41) is 13.9. The van der Waals surface area contributed by atoms with Crippen molar-refractivity contribution in [3.05, 3.63) is 18.2 Å². The minimum absolute atomic E-state index is 0.207. The third kappa shape index (κ3) is 7.26. The summed E-state index contributed by atoms with van der Waals surface area (Å²) in [5.41, 5.74) is 6.10. The van der Waals surface area contributed by atoms with Gasteiger partial charge in [-0.25, -0.2) is 4.98 Å². The first kappa shape index (κ1) is 21.9. The van der Waals surface area contributed by atoms with E-state index in [0.29, 0.717) is 24.7 Å². The van der Waals surface area contributed by atoms with Crippen molar-refractivity contribution in [2.24, 2.45) is 17.6 Å². The fraction of sp³-hybridized carbons (Fsp3) is 0.810. The number of aliphatic hydroxyl groups is 1. The molecule has 1 aromatic heterocycles. The maximum Gasteiger partial charge on any atom is 0.240 e. The van der Waals surface area contributed by atoms with E-state index in [1.807, 2.05) is 0 Å². The van der Waals surface area contributed by atoms with Crippen molar-refractivity contribution in [3.8, 4) is 0 Å². The van der Waals surface area contributed by atoms with Crippen LogP contribution in [-0.2, 0) is 11.2 Å². The number of amides is 1. The van der Waals surface area contributed by atoms with Crippen LogP contribution >= 0.6 is 0 Å². The molecule has 2 rings (SSSR count). The first-order valence-corrected chi connectivity index (χ1v) is 10.5. The van der Waals surface area contributed by atoms with E-state index in [2.05, 4.69) is 29.1 Å². The number of rotatable bonds is 10. The SMILES string of the molecule is CC(C)CC[C@H](O)[C@H](CC1CCCCC1)NC(=O)[C@@](C)(N)Cc1cnc[nH]1. The van der Waals surface area contributed by atoms with E-state index in [-0.39, 0.29) is 11.9 Å². The number of carbonyl (C=O) groups is 1. The largest absolute Gasteiger partial charge is 0.391 e. The molecule has 1 aliphatic carbocycles. The summed E-state index contributed by atoms with van der Waals surface area (Å²) < 4.78 is 0. The van der Waals surface area contributed by atoms with E-state index in [1.165, 1.54) is 32.1 Å². The molecular formula is C21H38N4O2. The number of nitrogens with zero attached hydrogens (tertiary/aromatic N) is 1. The van der Waals surface area contributed by atoms with Gasteiger partial charge in [-0.3, -0.25) is 4.79 Å². The number of hydrogen-bond acceptors (Lipinski definition) is 4. The molecule has 1 fully saturated rings. The zero-order valence-electron chi connectivity index (χ0n) is 17.2. The third-order valence-electron chi connectivity index (χ3n) is 5.76. The second-order valence-electron chi connectivity index (χ2n) is 9.03. The predicted octanol–water partition coefficient (Wildman–Crippen LogP) is 2.92. The molecule has 0 aromatic carbocycles. The Morgan fingerprint density at radius 2 is 2.07 bits per heavy atom. The lowest BCUT2D eigenvalue weighted by Gasteiger charge is -2.33. The van der Waals surface area contributed by atoms with E-state index >= 15 is 0 Å². The molecule has 27 heavy (non-hydrogen) atoms. The summed E-state index contributed by atoms with van der Waals surface area (Å²) >= 11 is 0. The lowest BCUT2D eigenvalue weighted by molar-refractivity contribution is -0.127. The number of aromatic nitrogens is 2. The Balaban J connectivity index is 2.00. The van der Waals surface area contributed by atoms with Crippen LogP contribution in [0, 0.1) is 11.8 Å². The normalized spacial score (nSPS) is 20.2. The first-order valence-electron chi connectivity index (χ1n) is 10.5. The smallest absolute Gasteiger partial charge is 0.240 e. The van der Waals surface area contributed by atoms with Gasteiger partial charge in [0, 0.05) is 18.3 Å². The second-order valence-corrected chi connectivity index (χ2v) is 9.03. The van der Waals surface area contributed by atoms with Crippen LogP contribution in [0.4, 0.5) is 0 Å². The predicted molar refractivity (Wildman–Crippen MR) is 108 cm³/mol. The number of H-pyrrole nitrogens is 1. The highest BCUT2D eigenvalue weighted by atomic mass is 16.3. The molecule has 154 valence electrons. The van der Waals surface area contributed by atoms with E-state index < -0.39 is 11.6 Å². The average Bonchev–Trinajstić information content (AvgIpc) is 3.12. The van der Waals surface area contributed by atoms with Gasteiger partial charge in [0.2, 0.25) is 5.91 Å². The molecule has 1 aliphatic rings. The standard InChI is InChI=1S/C21H38N4O2/c1-15(2)9-10-19(26)18(11-16-7-5-4-6-8-16)25-20(27)21(3,22)12-17-13-23-14-24-17/h13-16,18-19,26H,4-12,22H2,1-3H3,(H,23,24)(H,25,27)/t18-,19-,21-/m0/s1. The van der Waals surface area contributed by atoms with Gasteiger partial charge in [-0.05, 0) is 38.0 Å². The molecular weight excluding hydrogens is 340 g/mol. The zero-order valence-corrected chi connectivity index (χ0v) is 17.2. The summed E-state index contributed by atoms with van der Waals surface area (Å²) in [6.07, 6.45) is 11.8. The van der Waals surface area contributed by atoms with Crippen LogP contribution < -0.4 is 11.1 Å². The van der Waals surface area contributed by atoms with Crippen LogP contribution in [0.5, 0.6) is 0 Å². The quantitative estimate of drug-likeness (QED) is 0.502. The first-order chi connectivity index (χ1) is 12.8. The minimum atomic E-state index is -1.05. The van der Waals surface area contributed by atoms with Gasteiger partial charge in [0.1, 0.15) is 0 Å². The van der Waals surface area contributed by atoms with Crippen LogP contribution in [0.1, 0.15) is 77.8 Å². The van der Waals surface area contributed by atoms with Gasteiger partial charge >= 0.3 is 0 Å². The number of nitrogens with one attached hydrogen (secondary N) is 2. The minimum Gasteiger partial charge on any atom is -0.391 e. The van der Waals surface area contributed by atoms with Gasteiger partial charge in [0.15, 0.2) is 0 Å². The summed E-state index contributed by atoms with van der Waals surface area (Å²) in [4.78, 5) is 19.9. The number of hydrogen-bond donors (Lipinski definition) is 4. The monoisotopic (exact) mass is 378 g/mol. The molecule has 0 saturated heterocycles. The maximum absolute atomic E-state index is 12.9. The fourth-order valence-corrected chi connectivity index (χ4v) is 3.99. The van der Waals surface area contributed by atoms with Crippen LogP contribution in [0.25, 0.3) is 0 Å². The summed E-state index contributed by atoms with van der Waals surface area (Å²) in [6.45, 7) is 6.05. The molecule has 0 spiro atoms. The van der Waals surface area contributed by atoms with Crippen molar-refractivity contribution in [2.45, 2.75) is 96.2 Å². The van der Waals surface area contributed by atoms with Crippen molar-refractivity contribution in [2.75, 3.05) is 0 Å². The van der Waals surface area contributed by atoms with Crippen LogP contribution in [0.3, 0.4) is 0 Å². The van der Waals surface area contributed by atoms with Gasteiger partial charge in [-0.15, -0.1) is 0 Å². The van der Waals surface area contributed by atoms with Crippen molar-refractivity contribution in [1.82, 2.24) is 15.3 Å². The van der Waals surface area contributed by atoms with Crippen molar-refractivity contribution in [1.29, 1.82) is 0 Å². The molecule has 0 unspecified atom stereocenters. The molecule has 1 aromatic rings. The number of aliphatic hydroxyl groups excluding tert-OH is 1. The molecule has 0 bridgehead atoms. The van der Waals surface area contributed by atoms with Gasteiger partial charge in [-0.1, -0.05) is 46.0 Å². The summed E-state index contributed by atoms with van der Waals surface area (Å²) in [7, 11) is 0. The Morgan fingerprint density at radius 1 is 1.37 bits per heavy atom. The lowest BCUT2D eigenvalue weighted by Crippen LogP contribution is -2.58. The molecule has 1 heterocycles. The molecule has 1 amide bonds. The molecule has 0 aliphatic heterocycles. The van der Waals surface area contributed by atoms with Crippen LogP contribution in [-0.4, -0.2) is 38.7 Å². The number of nitrogens with two attached hydrogens (primary N) is 1. The Morgan fingerprint density at radius 3 is 2.67 bits per heavy atom. The Labute approximate surface area is 163 Å². The van der Waals surface area contributed by atoms with E-state index in [0.717, 1.165) is 18.5 Å². The Hall–Kier alpha value is -1.40. The van der Waals surface area contributed by atoms with E-state index in [9.17, 15) is 9.90 Å². The van der Waals surface area contributed by atoms with Gasteiger partial charge in [-0.2, -0.15) is 0 Å². The Bertz CT molecular complexity index is 551. The molecule has 0 radical (unpaired) electrons. The number of imidazole rings is 1. The van der Waals surface area contributed by atoms with E-state index in [4.69, 9.17) is 5.73 Å². The number of aromatic amines is 1. The highest BCUT2D eigenvalue weighted by Gasteiger charge is 2.33. The molecule has 6 heteroatoms. The highest BCUT2D eigenvalue weighted by Crippen LogP contribution is 2.29. The fourth-order valence-electron chi connectivity index (χ4n) is 3.99. The lowest BCUT2D eigenvalue weighted by atomic mass is 9.82. The van der Waals surface area contributed by atoms with Crippen molar-refractivity contribution in [3.63, 3.8) is 0 Å². The summed E-state index contributed by atoms with van der Waals surface area (Å²) in [5.74, 6) is 0.904. The topological polar surface area (TPSA) is 104 Å². The average molecular weight is 379 g/mol. The maximum atomic E-state index is 12.9. The van der Waals surface area contributed by atoms with Gasteiger partial charge in [0.25, 0.3) is 0 Å². The van der Waals surface area contributed by atoms with Gasteiger partial charge < -0.3 is 21.1 Å². The highest BCUT2D eigenvalue weighted by molar-refractivity contribution is 5.86.